The highest BCUT2D eigenvalue weighted by molar-refractivity contribution is 5.85. The fourth-order valence-electron chi connectivity index (χ4n) is 0.844. The number of carbonyl (C=O) groups is 3. The summed E-state index contributed by atoms with van der Waals surface area (Å²) in [4.78, 5) is 32.2. The molecule has 0 saturated carbocycles. The van der Waals surface area contributed by atoms with Crippen LogP contribution in [0.5, 0.6) is 0 Å². The fourth-order valence-corrected chi connectivity index (χ4v) is 0.844. The lowest BCUT2D eigenvalue weighted by atomic mass is 10.2. The summed E-state index contributed by atoms with van der Waals surface area (Å²) in [6.45, 7) is 4.86. The number of carboxylic acid groups (broad SMARTS) is 1. The lowest BCUT2D eigenvalue weighted by Crippen LogP contribution is -2.50. The normalized spacial score (nSPS) is 12.7. The number of hydrogen-bond donors (Lipinski definition) is 2. The predicted octanol–water partition coefficient (Wildman–Crippen LogP) is -1.49. The second kappa shape index (κ2) is 5.34. The van der Waals surface area contributed by atoms with Crippen molar-refractivity contribution in [2.45, 2.75) is 38.8 Å². The molecule has 16 heavy (non-hydrogen) atoms. The number of carboxylic acids is 1. The molecule has 0 fully saturated rings. The van der Waals surface area contributed by atoms with Gasteiger partial charge in [0.2, 0.25) is 5.91 Å². The Balaban J connectivity index is 4.35. The van der Waals surface area contributed by atoms with Crippen LogP contribution in [0.25, 0.3) is 0 Å². The van der Waals surface area contributed by atoms with Gasteiger partial charge in [-0.2, -0.15) is 0 Å². The number of primary amides is 1. The van der Waals surface area contributed by atoms with Crippen molar-refractivity contribution < 1.29 is 24.2 Å². The minimum atomic E-state index is -1.59. The molecule has 0 heterocycles. The molecule has 0 saturated heterocycles. The SMILES string of the molecule is CC(C)(C)OC(=O)N[C@@H](CC(N)=O)C(=O)[O-]. The Morgan fingerprint density at radius 2 is 1.88 bits per heavy atom. The van der Waals surface area contributed by atoms with Crippen molar-refractivity contribution >= 4 is 18.0 Å². The first kappa shape index (κ1) is 14.2. The minimum absolute atomic E-state index is 0.540. The van der Waals surface area contributed by atoms with Gasteiger partial charge in [-0.3, -0.25) is 4.79 Å². The topological polar surface area (TPSA) is 122 Å². The highest BCUT2D eigenvalue weighted by Gasteiger charge is 2.21. The molecule has 0 bridgehead atoms. The first-order chi connectivity index (χ1) is 7.11. The average Bonchev–Trinajstić information content (AvgIpc) is 1.97. The van der Waals surface area contributed by atoms with Gasteiger partial charge in [0.25, 0.3) is 0 Å². The van der Waals surface area contributed by atoms with E-state index in [1.165, 1.54) is 0 Å². The molecule has 0 radical (unpaired) electrons. The summed E-state index contributed by atoms with van der Waals surface area (Å²) < 4.78 is 4.81. The van der Waals surface area contributed by atoms with Crippen LogP contribution in [0.3, 0.4) is 0 Å². The average molecular weight is 231 g/mol. The summed E-state index contributed by atoms with van der Waals surface area (Å²) in [5.74, 6) is -2.45. The van der Waals surface area contributed by atoms with E-state index in [0.29, 0.717) is 0 Å². The molecule has 0 aliphatic rings. The zero-order valence-electron chi connectivity index (χ0n) is 9.40. The van der Waals surface area contributed by atoms with Crippen LogP contribution in [0, 0.1) is 0 Å². The van der Waals surface area contributed by atoms with Crippen molar-refractivity contribution in [2.24, 2.45) is 5.73 Å². The van der Waals surface area contributed by atoms with Gasteiger partial charge in [0.05, 0.1) is 18.4 Å². The maximum absolute atomic E-state index is 11.2. The van der Waals surface area contributed by atoms with Gasteiger partial charge in [0, 0.05) is 0 Å². The second-order valence-corrected chi connectivity index (χ2v) is 4.19. The van der Waals surface area contributed by atoms with Gasteiger partial charge in [-0.1, -0.05) is 0 Å². The molecular formula is C9H15N2O5-. The van der Waals surface area contributed by atoms with Crippen LogP contribution >= 0.6 is 0 Å². The van der Waals surface area contributed by atoms with Crippen LogP contribution in [0.15, 0.2) is 0 Å². The van der Waals surface area contributed by atoms with E-state index >= 15 is 0 Å². The number of aliphatic carboxylic acids is 1. The molecule has 0 spiro atoms. The third-order valence-corrected chi connectivity index (χ3v) is 1.38. The van der Waals surface area contributed by atoms with Gasteiger partial charge in [-0.25, -0.2) is 4.79 Å². The van der Waals surface area contributed by atoms with Crippen LogP contribution < -0.4 is 16.2 Å². The Morgan fingerprint density at radius 1 is 1.38 bits per heavy atom. The Kier molecular flexibility index (Phi) is 4.74. The summed E-state index contributed by atoms with van der Waals surface area (Å²) in [5.41, 5.74) is 4.06. The quantitative estimate of drug-likeness (QED) is 0.610. The standard InChI is InChI=1S/C9H16N2O5/c1-9(2,3)16-8(15)11-5(7(13)14)4-6(10)12/h5H,4H2,1-3H3,(H2,10,12)(H,11,15)(H,13,14)/p-1/t5-/m0/s1. The van der Waals surface area contributed by atoms with Crippen LogP contribution in [0.4, 0.5) is 4.79 Å². The molecule has 7 heteroatoms. The number of ether oxygens (including phenoxy) is 1. The van der Waals surface area contributed by atoms with Gasteiger partial charge >= 0.3 is 6.09 Å². The molecule has 0 aliphatic heterocycles. The highest BCUT2D eigenvalue weighted by Crippen LogP contribution is 2.07. The number of alkyl carbamates (subject to hydrolysis) is 1. The van der Waals surface area contributed by atoms with Gasteiger partial charge in [-0.05, 0) is 20.8 Å². The molecule has 3 N–H and O–H groups in total. The van der Waals surface area contributed by atoms with Crippen LogP contribution in [0.2, 0.25) is 0 Å². The summed E-state index contributed by atoms with van der Waals surface area (Å²) in [6, 6.07) is -1.48. The molecule has 0 aromatic carbocycles. The highest BCUT2D eigenvalue weighted by atomic mass is 16.6. The van der Waals surface area contributed by atoms with Crippen LogP contribution in [0.1, 0.15) is 27.2 Å². The van der Waals surface area contributed by atoms with Gasteiger partial charge in [0.1, 0.15) is 5.60 Å². The molecule has 0 aromatic rings. The molecule has 0 aromatic heterocycles. The van der Waals surface area contributed by atoms with E-state index in [0.717, 1.165) is 0 Å². The van der Waals surface area contributed by atoms with Crippen LogP contribution in [-0.4, -0.2) is 29.6 Å². The lowest BCUT2D eigenvalue weighted by Gasteiger charge is -2.23. The first-order valence-electron chi connectivity index (χ1n) is 4.60. The summed E-state index contributed by atoms with van der Waals surface area (Å²) >= 11 is 0. The Morgan fingerprint density at radius 3 is 2.19 bits per heavy atom. The number of nitrogens with one attached hydrogen (secondary N) is 1. The predicted molar refractivity (Wildman–Crippen MR) is 52.0 cm³/mol. The summed E-state index contributed by atoms with van der Waals surface area (Å²) in [5, 5.41) is 12.5. The number of amides is 2. The minimum Gasteiger partial charge on any atom is -0.548 e. The Hall–Kier alpha value is -1.79. The number of carbonyl (C=O) groups excluding carboxylic acids is 3. The van der Waals surface area contributed by atoms with Gasteiger partial charge < -0.3 is 25.7 Å². The monoisotopic (exact) mass is 231 g/mol. The summed E-state index contributed by atoms with van der Waals surface area (Å²) in [7, 11) is 0. The van der Waals surface area contributed by atoms with E-state index in [2.05, 4.69) is 0 Å². The lowest BCUT2D eigenvalue weighted by molar-refractivity contribution is -0.308. The molecule has 2 amide bonds. The third-order valence-electron chi connectivity index (χ3n) is 1.38. The maximum atomic E-state index is 11.2. The van der Waals surface area contributed by atoms with Gasteiger partial charge in [-0.15, -0.1) is 0 Å². The van der Waals surface area contributed by atoms with Gasteiger partial charge in [0.15, 0.2) is 0 Å². The molecule has 7 nitrogen and oxygen atoms in total. The molecular weight excluding hydrogens is 216 g/mol. The fraction of sp³-hybridized carbons (Fsp3) is 0.667. The van der Waals surface area contributed by atoms with Crippen molar-refractivity contribution in [3.05, 3.63) is 0 Å². The maximum Gasteiger partial charge on any atom is 0.408 e. The van der Waals surface area contributed by atoms with Crippen molar-refractivity contribution in [2.75, 3.05) is 0 Å². The Labute approximate surface area is 92.9 Å². The van der Waals surface area contributed by atoms with Crippen molar-refractivity contribution in [3.8, 4) is 0 Å². The first-order valence-corrected chi connectivity index (χ1v) is 4.60. The van der Waals surface area contributed by atoms with E-state index in [1.54, 1.807) is 20.8 Å². The number of nitrogens with two attached hydrogens (primary N) is 1. The number of hydrogen-bond acceptors (Lipinski definition) is 5. The molecule has 0 unspecified atom stereocenters. The smallest absolute Gasteiger partial charge is 0.408 e. The van der Waals surface area contributed by atoms with E-state index in [4.69, 9.17) is 10.5 Å². The third kappa shape index (κ3) is 6.63. The van der Waals surface area contributed by atoms with Crippen molar-refractivity contribution in [1.82, 2.24) is 5.32 Å². The van der Waals surface area contributed by atoms with Crippen molar-refractivity contribution in [3.63, 3.8) is 0 Å². The van der Waals surface area contributed by atoms with Crippen LogP contribution in [-0.2, 0) is 14.3 Å². The summed E-state index contributed by atoms with van der Waals surface area (Å²) in [6.07, 6.45) is -1.48. The zero-order valence-corrected chi connectivity index (χ0v) is 9.40. The molecule has 1 atom stereocenters. The van der Waals surface area contributed by atoms with E-state index in [-0.39, 0.29) is 0 Å². The van der Waals surface area contributed by atoms with E-state index in [9.17, 15) is 19.5 Å². The van der Waals surface area contributed by atoms with E-state index < -0.39 is 36.0 Å². The Bertz CT molecular complexity index is 295. The molecule has 92 valence electrons. The van der Waals surface area contributed by atoms with Crippen molar-refractivity contribution in [1.29, 1.82) is 0 Å². The largest absolute Gasteiger partial charge is 0.548 e. The molecule has 0 rings (SSSR count). The van der Waals surface area contributed by atoms with E-state index in [1.807, 2.05) is 5.32 Å². The second-order valence-electron chi connectivity index (χ2n) is 4.19. The molecule has 0 aliphatic carbocycles. The zero-order chi connectivity index (χ0) is 12.9. The number of rotatable bonds is 4.